The topological polar surface area (TPSA) is 64.1 Å². The van der Waals surface area contributed by atoms with Gasteiger partial charge in [0.1, 0.15) is 0 Å². The highest BCUT2D eigenvalue weighted by Crippen LogP contribution is 2.26. The van der Waals surface area contributed by atoms with Crippen molar-refractivity contribution in [1.29, 1.82) is 0 Å². The third kappa shape index (κ3) is 2.42. The first kappa shape index (κ1) is 10.3. The molecule has 0 aromatic heterocycles. The van der Waals surface area contributed by atoms with E-state index in [4.69, 9.17) is 11.5 Å². The van der Waals surface area contributed by atoms with Crippen molar-refractivity contribution in [2.24, 2.45) is 5.73 Å². The second-order valence-electron chi connectivity index (χ2n) is 4.25. The molecule has 0 aliphatic heterocycles. The standard InChI is InChI=1S/C12H19N3/c13-8-9-5-6-12(11(14)7-9)15-10-3-1-2-4-10/h5-7,10,15H,1-4,8,13-14H2. The van der Waals surface area contributed by atoms with Gasteiger partial charge in [0.2, 0.25) is 0 Å². The van der Waals surface area contributed by atoms with Crippen LogP contribution in [0.5, 0.6) is 0 Å². The molecule has 0 amide bonds. The summed E-state index contributed by atoms with van der Waals surface area (Å²) >= 11 is 0. The molecule has 1 aromatic rings. The first-order valence-electron chi connectivity index (χ1n) is 5.64. The van der Waals surface area contributed by atoms with Crippen molar-refractivity contribution in [3.8, 4) is 0 Å². The highest BCUT2D eigenvalue weighted by molar-refractivity contribution is 5.67. The maximum atomic E-state index is 5.96. The fraction of sp³-hybridized carbons (Fsp3) is 0.500. The molecule has 82 valence electrons. The number of hydrogen-bond acceptors (Lipinski definition) is 3. The summed E-state index contributed by atoms with van der Waals surface area (Å²) in [6.45, 7) is 0.550. The van der Waals surface area contributed by atoms with Crippen LogP contribution in [-0.4, -0.2) is 6.04 Å². The van der Waals surface area contributed by atoms with Gasteiger partial charge < -0.3 is 16.8 Å². The summed E-state index contributed by atoms with van der Waals surface area (Å²) in [7, 11) is 0. The predicted octanol–water partition coefficient (Wildman–Crippen LogP) is 2.08. The van der Waals surface area contributed by atoms with E-state index < -0.39 is 0 Å². The first-order valence-corrected chi connectivity index (χ1v) is 5.64. The van der Waals surface area contributed by atoms with E-state index in [-0.39, 0.29) is 0 Å². The van der Waals surface area contributed by atoms with Crippen LogP contribution in [0.15, 0.2) is 18.2 Å². The highest BCUT2D eigenvalue weighted by atomic mass is 14.9. The largest absolute Gasteiger partial charge is 0.397 e. The number of nitrogen functional groups attached to an aromatic ring is 1. The average Bonchev–Trinajstić information content (AvgIpc) is 2.74. The van der Waals surface area contributed by atoms with Gasteiger partial charge in [-0.2, -0.15) is 0 Å². The molecule has 0 bridgehead atoms. The van der Waals surface area contributed by atoms with Gasteiger partial charge in [0.05, 0.1) is 11.4 Å². The van der Waals surface area contributed by atoms with Crippen LogP contribution < -0.4 is 16.8 Å². The summed E-state index contributed by atoms with van der Waals surface area (Å²) in [6.07, 6.45) is 5.19. The number of anilines is 2. The molecule has 3 nitrogen and oxygen atoms in total. The molecule has 0 unspecified atom stereocenters. The number of hydrogen-bond donors (Lipinski definition) is 3. The van der Waals surface area contributed by atoms with Crippen LogP contribution in [-0.2, 0) is 6.54 Å². The van der Waals surface area contributed by atoms with Crippen molar-refractivity contribution in [1.82, 2.24) is 0 Å². The van der Waals surface area contributed by atoms with Crippen LogP contribution in [0.4, 0.5) is 11.4 Å². The number of nitrogens with two attached hydrogens (primary N) is 2. The zero-order chi connectivity index (χ0) is 10.7. The van der Waals surface area contributed by atoms with Crippen molar-refractivity contribution in [2.45, 2.75) is 38.3 Å². The van der Waals surface area contributed by atoms with Crippen LogP contribution in [0.3, 0.4) is 0 Å². The lowest BCUT2D eigenvalue weighted by atomic mass is 10.1. The smallest absolute Gasteiger partial charge is 0.0576 e. The first-order chi connectivity index (χ1) is 7.29. The molecular weight excluding hydrogens is 186 g/mol. The van der Waals surface area contributed by atoms with Crippen molar-refractivity contribution in [2.75, 3.05) is 11.1 Å². The van der Waals surface area contributed by atoms with Crippen LogP contribution in [0.2, 0.25) is 0 Å². The third-order valence-electron chi connectivity index (χ3n) is 3.07. The fourth-order valence-electron chi connectivity index (χ4n) is 2.16. The molecule has 1 aromatic carbocycles. The van der Waals surface area contributed by atoms with Gasteiger partial charge in [0.25, 0.3) is 0 Å². The Hall–Kier alpha value is -1.22. The molecule has 15 heavy (non-hydrogen) atoms. The summed E-state index contributed by atoms with van der Waals surface area (Å²) in [4.78, 5) is 0. The summed E-state index contributed by atoms with van der Waals surface area (Å²) < 4.78 is 0. The van der Waals surface area contributed by atoms with Gasteiger partial charge in [0.15, 0.2) is 0 Å². The lowest BCUT2D eigenvalue weighted by molar-refractivity contribution is 0.756. The minimum Gasteiger partial charge on any atom is -0.397 e. The number of rotatable bonds is 3. The second-order valence-corrected chi connectivity index (χ2v) is 4.25. The molecule has 2 rings (SSSR count). The number of nitrogens with one attached hydrogen (secondary N) is 1. The molecule has 1 aliphatic rings. The van der Waals surface area contributed by atoms with E-state index in [1.165, 1.54) is 25.7 Å². The van der Waals surface area contributed by atoms with Crippen molar-refractivity contribution in [3.63, 3.8) is 0 Å². The summed E-state index contributed by atoms with van der Waals surface area (Å²) in [5, 5.41) is 3.49. The molecular formula is C12H19N3. The van der Waals surface area contributed by atoms with Crippen molar-refractivity contribution in [3.05, 3.63) is 23.8 Å². The van der Waals surface area contributed by atoms with E-state index in [2.05, 4.69) is 5.32 Å². The van der Waals surface area contributed by atoms with Crippen LogP contribution in [0, 0.1) is 0 Å². The Balaban J connectivity index is 2.07. The van der Waals surface area contributed by atoms with Gasteiger partial charge in [-0.05, 0) is 30.5 Å². The van der Waals surface area contributed by atoms with Gasteiger partial charge in [-0.3, -0.25) is 0 Å². The fourth-order valence-corrected chi connectivity index (χ4v) is 2.16. The van der Waals surface area contributed by atoms with Crippen LogP contribution in [0.1, 0.15) is 31.2 Å². The molecule has 0 radical (unpaired) electrons. The Labute approximate surface area is 90.8 Å². The van der Waals surface area contributed by atoms with Crippen LogP contribution in [0.25, 0.3) is 0 Å². The summed E-state index contributed by atoms with van der Waals surface area (Å²) in [5.41, 5.74) is 14.5. The molecule has 0 spiro atoms. The number of benzene rings is 1. The van der Waals surface area contributed by atoms with E-state index in [1.54, 1.807) is 0 Å². The molecule has 0 atom stereocenters. The monoisotopic (exact) mass is 205 g/mol. The molecule has 0 heterocycles. The summed E-state index contributed by atoms with van der Waals surface area (Å²) in [5.74, 6) is 0. The highest BCUT2D eigenvalue weighted by Gasteiger charge is 2.15. The summed E-state index contributed by atoms with van der Waals surface area (Å²) in [6, 6.07) is 6.64. The van der Waals surface area contributed by atoms with E-state index in [9.17, 15) is 0 Å². The Morgan fingerprint density at radius 1 is 1.27 bits per heavy atom. The molecule has 1 aliphatic carbocycles. The minimum absolute atomic E-state index is 0.550. The normalized spacial score (nSPS) is 16.9. The van der Waals surface area contributed by atoms with Crippen molar-refractivity contribution >= 4 is 11.4 Å². The zero-order valence-electron chi connectivity index (χ0n) is 9.00. The maximum Gasteiger partial charge on any atom is 0.0576 e. The molecule has 1 fully saturated rings. The average molecular weight is 205 g/mol. The van der Waals surface area contributed by atoms with Gasteiger partial charge in [-0.15, -0.1) is 0 Å². The SMILES string of the molecule is NCc1ccc(NC2CCCC2)c(N)c1. The Morgan fingerprint density at radius 2 is 2.00 bits per heavy atom. The lowest BCUT2D eigenvalue weighted by Gasteiger charge is -2.15. The zero-order valence-corrected chi connectivity index (χ0v) is 9.00. The quantitative estimate of drug-likeness (QED) is 0.662. The minimum atomic E-state index is 0.550. The maximum absolute atomic E-state index is 5.96. The van der Waals surface area contributed by atoms with E-state index in [1.807, 2.05) is 18.2 Å². The third-order valence-corrected chi connectivity index (χ3v) is 3.07. The Kier molecular flexibility index (Phi) is 3.11. The molecule has 1 saturated carbocycles. The molecule has 0 saturated heterocycles. The molecule has 3 heteroatoms. The van der Waals surface area contributed by atoms with E-state index in [0.717, 1.165) is 16.9 Å². The van der Waals surface area contributed by atoms with Gasteiger partial charge >= 0.3 is 0 Å². The van der Waals surface area contributed by atoms with Gasteiger partial charge in [-0.25, -0.2) is 0 Å². The van der Waals surface area contributed by atoms with Crippen LogP contribution >= 0.6 is 0 Å². The predicted molar refractivity (Wildman–Crippen MR) is 64.6 cm³/mol. The van der Waals surface area contributed by atoms with E-state index in [0.29, 0.717) is 12.6 Å². The molecule has 5 N–H and O–H groups in total. The van der Waals surface area contributed by atoms with Gasteiger partial charge in [-0.1, -0.05) is 18.9 Å². The van der Waals surface area contributed by atoms with Gasteiger partial charge in [0, 0.05) is 12.6 Å². The lowest BCUT2D eigenvalue weighted by Crippen LogP contribution is -2.15. The Bertz CT molecular complexity index is 330. The van der Waals surface area contributed by atoms with E-state index >= 15 is 0 Å². The Morgan fingerprint density at radius 3 is 2.60 bits per heavy atom. The van der Waals surface area contributed by atoms with Crippen molar-refractivity contribution < 1.29 is 0 Å². The second kappa shape index (κ2) is 4.53.